The second-order valence-electron chi connectivity index (χ2n) is 8.84. The first-order valence-corrected chi connectivity index (χ1v) is 12.8. The van der Waals surface area contributed by atoms with Gasteiger partial charge < -0.3 is 4.90 Å². The fourth-order valence-corrected chi connectivity index (χ4v) is 7.33. The molecule has 0 aromatic heterocycles. The van der Waals surface area contributed by atoms with Crippen LogP contribution in [-0.4, -0.2) is 36.6 Å². The second-order valence-corrected chi connectivity index (χ2v) is 11.1. The van der Waals surface area contributed by atoms with Crippen LogP contribution in [0, 0.1) is 0 Å². The van der Waals surface area contributed by atoms with Crippen molar-refractivity contribution in [2.24, 2.45) is 0 Å². The number of fused-ring (bicyclic) bond motifs is 2. The molecule has 0 spiro atoms. The molecule has 32 heavy (non-hydrogen) atoms. The van der Waals surface area contributed by atoms with Crippen molar-refractivity contribution in [2.75, 3.05) is 0 Å². The zero-order valence-electron chi connectivity index (χ0n) is 17.9. The van der Waals surface area contributed by atoms with Gasteiger partial charge in [-0.25, -0.2) is 8.42 Å². The number of hydrogen-bond acceptors (Lipinski definition) is 3. The first-order valence-electron chi connectivity index (χ1n) is 11.3. The zero-order chi connectivity index (χ0) is 22.1. The van der Waals surface area contributed by atoms with Crippen LogP contribution < -0.4 is 0 Å². The van der Waals surface area contributed by atoms with Gasteiger partial charge in [-0.15, -0.1) is 0 Å². The molecular weight excluding hydrogens is 418 g/mol. The molecule has 2 bridgehead atoms. The van der Waals surface area contributed by atoms with E-state index in [0.29, 0.717) is 17.7 Å². The molecule has 2 heterocycles. The van der Waals surface area contributed by atoms with Crippen LogP contribution in [0.4, 0.5) is 0 Å². The minimum absolute atomic E-state index is 0.0281. The fourth-order valence-electron chi connectivity index (χ4n) is 5.46. The summed E-state index contributed by atoms with van der Waals surface area (Å²) in [5.74, 6) is -0.284. The van der Waals surface area contributed by atoms with Crippen molar-refractivity contribution >= 4 is 15.7 Å². The Balaban J connectivity index is 1.44. The Labute approximate surface area is 189 Å². The molecule has 2 fully saturated rings. The van der Waals surface area contributed by atoms with Crippen molar-refractivity contribution in [3.8, 4) is 0 Å². The molecule has 3 aromatic carbocycles. The Morgan fingerprint density at radius 3 is 1.62 bits per heavy atom. The maximum absolute atomic E-state index is 14.0. The van der Waals surface area contributed by atoms with E-state index in [1.165, 1.54) is 0 Å². The molecule has 2 atom stereocenters. The summed E-state index contributed by atoms with van der Waals surface area (Å²) in [5.41, 5.74) is 1.95. The van der Waals surface area contributed by atoms with E-state index in [1.54, 1.807) is 24.3 Å². The molecule has 4 nitrogen and oxygen atoms in total. The first-order chi connectivity index (χ1) is 15.6. The lowest BCUT2D eigenvalue weighted by Crippen LogP contribution is -2.51. The van der Waals surface area contributed by atoms with Crippen molar-refractivity contribution in [2.45, 2.75) is 53.8 Å². The van der Waals surface area contributed by atoms with Crippen LogP contribution in [0.2, 0.25) is 0 Å². The summed E-state index contributed by atoms with van der Waals surface area (Å²) in [4.78, 5) is 16.4. The van der Waals surface area contributed by atoms with Crippen LogP contribution in [0.5, 0.6) is 0 Å². The Hall–Kier alpha value is -2.92. The van der Waals surface area contributed by atoms with Crippen LogP contribution in [-0.2, 0) is 14.6 Å². The smallest absolute Gasteiger partial charge is 0.235 e. The lowest BCUT2D eigenvalue weighted by molar-refractivity contribution is -0.136. The normalized spacial score (nSPS) is 22.8. The van der Waals surface area contributed by atoms with E-state index in [1.807, 2.05) is 71.6 Å². The Bertz CT molecular complexity index is 1130. The van der Waals surface area contributed by atoms with Gasteiger partial charge in [0.25, 0.3) is 0 Å². The predicted octanol–water partition coefficient (Wildman–Crippen LogP) is 4.81. The molecule has 0 radical (unpaired) electrons. The molecule has 0 unspecified atom stereocenters. The summed E-state index contributed by atoms with van der Waals surface area (Å²) in [6.07, 6.45) is 2.76. The SMILES string of the molecule is O=C(C(c1ccccc1)c1ccccc1)N1[C@@H]2CC[C@@H]1CC(S(=O)(=O)c1ccccc1)C2. The Morgan fingerprint density at radius 1 is 0.719 bits per heavy atom. The van der Waals surface area contributed by atoms with Gasteiger partial charge in [0.1, 0.15) is 0 Å². The molecule has 0 N–H and O–H groups in total. The number of carbonyl (C=O) groups excluding carboxylic acids is 1. The highest BCUT2D eigenvalue weighted by atomic mass is 32.2. The lowest BCUT2D eigenvalue weighted by Gasteiger charge is -2.40. The fraction of sp³-hybridized carbons (Fsp3) is 0.296. The summed E-state index contributed by atoms with van der Waals surface area (Å²) in [5, 5.41) is -0.432. The average molecular weight is 446 g/mol. The summed E-state index contributed by atoms with van der Waals surface area (Å²) >= 11 is 0. The van der Waals surface area contributed by atoms with E-state index in [4.69, 9.17) is 0 Å². The van der Waals surface area contributed by atoms with Crippen LogP contribution in [0.15, 0.2) is 95.9 Å². The number of nitrogens with zero attached hydrogens (tertiary/aromatic N) is 1. The van der Waals surface area contributed by atoms with Crippen LogP contribution in [0.1, 0.15) is 42.7 Å². The van der Waals surface area contributed by atoms with Gasteiger partial charge in [0.05, 0.1) is 16.1 Å². The van der Waals surface area contributed by atoms with Crippen molar-refractivity contribution < 1.29 is 13.2 Å². The quantitative estimate of drug-likeness (QED) is 0.566. The zero-order valence-corrected chi connectivity index (χ0v) is 18.7. The van der Waals surface area contributed by atoms with Crippen LogP contribution in [0.25, 0.3) is 0 Å². The molecule has 164 valence electrons. The molecule has 0 saturated carbocycles. The third-order valence-corrected chi connectivity index (χ3v) is 9.16. The largest absolute Gasteiger partial charge is 0.336 e. The third kappa shape index (κ3) is 3.75. The van der Waals surface area contributed by atoms with Crippen molar-refractivity contribution in [3.63, 3.8) is 0 Å². The van der Waals surface area contributed by atoms with Crippen molar-refractivity contribution in [1.82, 2.24) is 4.90 Å². The van der Waals surface area contributed by atoms with Gasteiger partial charge in [-0.1, -0.05) is 78.9 Å². The van der Waals surface area contributed by atoms with E-state index in [0.717, 1.165) is 24.0 Å². The van der Waals surface area contributed by atoms with Gasteiger partial charge in [-0.3, -0.25) is 4.79 Å². The number of amides is 1. The number of hydrogen-bond donors (Lipinski definition) is 0. The average Bonchev–Trinajstić information content (AvgIpc) is 3.10. The second kappa shape index (κ2) is 8.55. The summed E-state index contributed by atoms with van der Waals surface area (Å²) < 4.78 is 26.5. The van der Waals surface area contributed by atoms with Crippen molar-refractivity contribution in [3.05, 3.63) is 102 Å². The van der Waals surface area contributed by atoms with Gasteiger partial charge in [0, 0.05) is 12.1 Å². The minimum atomic E-state index is -3.40. The molecule has 5 rings (SSSR count). The molecule has 0 aliphatic carbocycles. The van der Waals surface area contributed by atoms with E-state index in [-0.39, 0.29) is 23.9 Å². The van der Waals surface area contributed by atoms with E-state index < -0.39 is 15.1 Å². The Kier molecular flexibility index (Phi) is 5.60. The molecule has 5 heteroatoms. The van der Waals surface area contributed by atoms with Gasteiger partial charge in [-0.05, 0) is 48.9 Å². The maximum atomic E-state index is 14.0. The standard InChI is InChI=1S/C27H27NO3S/c29-27(26(20-10-4-1-5-11-20)21-12-6-2-7-13-21)28-22-16-17-23(28)19-25(18-22)32(30,31)24-14-8-3-9-15-24/h1-15,22-23,25-26H,16-19H2/t22-,23-/m1/s1. The van der Waals surface area contributed by atoms with Gasteiger partial charge >= 0.3 is 0 Å². The molecule has 2 aliphatic rings. The molecular formula is C27H27NO3S. The summed E-state index contributed by atoms with van der Waals surface area (Å²) in [6, 6.07) is 28.5. The highest BCUT2D eigenvalue weighted by Gasteiger charge is 2.48. The maximum Gasteiger partial charge on any atom is 0.235 e. The molecule has 1 amide bonds. The predicted molar refractivity (Wildman–Crippen MR) is 125 cm³/mol. The molecule has 2 aliphatic heterocycles. The highest BCUT2D eigenvalue weighted by molar-refractivity contribution is 7.92. The topological polar surface area (TPSA) is 54.5 Å². The third-order valence-electron chi connectivity index (χ3n) is 6.97. The van der Waals surface area contributed by atoms with E-state index in [9.17, 15) is 13.2 Å². The highest BCUT2D eigenvalue weighted by Crippen LogP contribution is 2.42. The number of carbonyl (C=O) groups is 1. The monoisotopic (exact) mass is 445 g/mol. The minimum Gasteiger partial charge on any atom is -0.336 e. The number of benzene rings is 3. The van der Waals surface area contributed by atoms with Gasteiger partial charge in [0.2, 0.25) is 5.91 Å². The summed E-state index contributed by atoms with van der Waals surface area (Å²) in [6.45, 7) is 0. The van der Waals surface area contributed by atoms with Crippen molar-refractivity contribution in [1.29, 1.82) is 0 Å². The lowest BCUT2D eigenvalue weighted by atomic mass is 9.88. The van der Waals surface area contributed by atoms with Crippen LogP contribution in [0.3, 0.4) is 0 Å². The molecule has 3 aromatic rings. The molecule has 2 saturated heterocycles. The number of rotatable bonds is 5. The van der Waals surface area contributed by atoms with E-state index >= 15 is 0 Å². The van der Waals surface area contributed by atoms with Crippen LogP contribution >= 0.6 is 0 Å². The summed E-state index contributed by atoms with van der Waals surface area (Å²) in [7, 11) is -3.40. The van der Waals surface area contributed by atoms with Gasteiger partial charge in [-0.2, -0.15) is 0 Å². The number of piperidine rings is 1. The van der Waals surface area contributed by atoms with E-state index in [2.05, 4.69) is 0 Å². The first kappa shape index (κ1) is 21.0. The Morgan fingerprint density at radius 2 is 1.16 bits per heavy atom. The van der Waals surface area contributed by atoms with Gasteiger partial charge in [0.15, 0.2) is 9.84 Å². The number of sulfone groups is 1.